The number of amides is 2. The van der Waals surface area contributed by atoms with Gasteiger partial charge < -0.3 is 20.3 Å². The van der Waals surface area contributed by atoms with E-state index in [2.05, 4.69) is 25.5 Å². The van der Waals surface area contributed by atoms with Gasteiger partial charge in [0, 0.05) is 44.0 Å². The Balaban J connectivity index is 2.03. The lowest BCUT2D eigenvalue weighted by Gasteiger charge is -2.23. The van der Waals surface area contributed by atoms with E-state index in [4.69, 9.17) is 11.6 Å². The average molecular weight is 521 g/mol. The molecule has 2 N–H and O–H groups in total. The Morgan fingerprint density at radius 2 is 2.11 bits per heavy atom. The summed E-state index contributed by atoms with van der Waals surface area (Å²) in [5.74, 6) is -0.521. The quantitative estimate of drug-likeness (QED) is 0.239. The van der Waals surface area contributed by atoms with E-state index in [0.717, 1.165) is 6.42 Å². The van der Waals surface area contributed by atoms with Crippen molar-refractivity contribution >= 4 is 34.9 Å². The predicted octanol–water partition coefficient (Wildman–Crippen LogP) is 3.73. The van der Waals surface area contributed by atoms with Crippen LogP contribution in [0.1, 0.15) is 13.3 Å². The molecule has 0 unspecified atom stereocenters. The van der Waals surface area contributed by atoms with Crippen molar-refractivity contribution < 1.29 is 23.1 Å². The summed E-state index contributed by atoms with van der Waals surface area (Å²) in [7, 11) is 3.16. The monoisotopic (exact) mass is 520 g/mol. The van der Waals surface area contributed by atoms with Crippen LogP contribution in [0.15, 0.2) is 53.2 Å². The lowest BCUT2D eigenvalue weighted by atomic mass is 10.1. The molecule has 1 aliphatic rings. The molecule has 36 heavy (non-hydrogen) atoms. The number of nitrogens with one attached hydrogen (secondary N) is 2. The molecular weight excluding hydrogens is 494 g/mol. The molecule has 0 spiro atoms. The van der Waals surface area contributed by atoms with Gasteiger partial charge in [-0.25, -0.2) is 0 Å². The molecule has 2 aromatic rings. The minimum atomic E-state index is -3.09. The zero-order valence-corrected chi connectivity index (χ0v) is 20.9. The second-order valence-electron chi connectivity index (χ2n) is 7.69. The molecule has 0 saturated heterocycles. The Hall–Kier alpha value is -3.73. The second-order valence-corrected chi connectivity index (χ2v) is 8.12. The van der Waals surface area contributed by atoms with Gasteiger partial charge >= 0.3 is 6.61 Å². The van der Waals surface area contributed by atoms with Crippen LogP contribution in [-0.2, 0) is 16.1 Å². The van der Waals surface area contributed by atoms with Gasteiger partial charge in [-0.05, 0) is 31.5 Å². The maximum absolute atomic E-state index is 13.1. The van der Waals surface area contributed by atoms with Crippen LogP contribution < -0.4 is 15.4 Å². The van der Waals surface area contributed by atoms with Gasteiger partial charge in [0.15, 0.2) is 0 Å². The van der Waals surface area contributed by atoms with E-state index in [0.29, 0.717) is 18.9 Å². The largest absolute Gasteiger partial charge is 0.434 e. The van der Waals surface area contributed by atoms with E-state index < -0.39 is 12.5 Å². The van der Waals surface area contributed by atoms with Crippen molar-refractivity contribution in [2.45, 2.75) is 26.5 Å². The number of halogens is 3. The number of anilines is 1. The minimum absolute atomic E-state index is 0.114. The summed E-state index contributed by atoms with van der Waals surface area (Å²) in [4.78, 5) is 31.6. The van der Waals surface area contributed by atoms with Crippen molar-refractivity contribution in [1.82, 2.24) is 20.0 Å². The highest BCUT2D eigenvalue weighted by molar-refractivity contribution is 6.31. The van der Waals surface area contributed by atoms with E-state index in [-0.39, 0.29) is 45.7 Å². The highest BCUT2D eigenvalue weighted by Crippen LogP contribution is 2.37. The van der Waals surface area contributed by atoms with Crippen LogP contribution in [0.4, 0.5) is 14.5 Å². The fourth-order valence-corrected chi connectivity index (χ4v) is 3.89. The molecular formula is C24H27ClF2N6O3. The number of carbonyl (C=O) groups excluding carboxylic acids is 2. The van der Waals surface area contributed by atoms with E-state index in [1.807, 2.05) is 12.2 Å². The smallest absolute Gasteiger partial charge is 0.387 e. The third-order valence-electron chi connectivity index (χ3n) is 5.38. The fraction of sp³-hybridized carbons (Fsp3) is 0.333. The zero-order valence-electron chi connectivity index (χ0n) is 20.1. The number of rotatable bonds is 8. The molecule has 0 aliphatic carbocycles. The Morgan fingerprint density at radius 1 is 1.33 bits per heavy atom. The number of carbonyl (C=O) groups is 2. The van der Waals surface area contributed by atoms with Gasteiger partial charge in [-0.1, -0.05) is 29.8 Å². The molecule has 1 aromatic heterocycles. The van der Waals surface area contributed by atoms with Gasteiger partial charge in [-0.15, -0.1) is 0 Å². The fourth-order valence-electron chi connectivity index (χ4n) is 3.72. The Morgan fingerprint density at radius 3 is 2.72 bits per heavy atom. The zero-order chi connectivity index (χ0) is 26.2. The molecule has 1 aromatic carbocycles. The number of alkyl halides is 2. The summed E-state index contributed by atoms with van der Waals surface area (Å²) >= 11 is 6.14. The number of likely N-dealkylation sites (N-methyl/N-ethyl adjacent to an activating group) is 1. The summed E-state index contributed by atoms with van der Waals surface area (Å²) < 4.78 is 32.2. The van der Waals surface area contributed by atoms with Crippen LogP contribution in [0.2, 0.25) is 5.02 Å². The normalized spacial score (nSPS) is 14.2. The standard InChI is InChI=1S/C24H27ClF2N6O3/c1-4-16(22(28-2)29-3)23(35)30-18-13-33(14-20(34)32-10-6-5-7-11-32)31-21(18)17-12-15(25)8-9-19(17)36-24(26)27/h4-6,8-9,12-13,24H,7,10-11,14H2,1-3H3,(H,28,29)(H,30,35)/b16-4+. The first kappa shape index (κ1) is 26.9. The molecule has 0 bridgehead atoms. The summed E-state index contributed by atoms with van der Waals surface area (Å²) in [5, 5.41) is 10.3. The number of ether oxygens (including phenoxy) is 1. The van der Waals surface area contributed by atoms with Gasteiger partial charge in [0.1, 0.15) is 23.8 Å². The Bertz CT molecular complexity index is 1210. The predicted molar refractivity (Wildman–Crippen MR) is 134 cm³/mol. The number of aliphatic imine (C=N–C) groups is 1. The van der Waals surface area contributed by atoms with E-state index in [1.165, 1.54) is 36.1 Å². The van der Waals surface area contributed by atoms with Gasteiger partial charge in [-0.3, -0.25) is 19.3 Å². The lowest BCUT2D eigenvalue weighted by molar-refractivity contribution is -0.131. The number of benzene rings is 1. The van der Waals surface area contributed by atoms with Crippen molar-refractivity contribution in [3.63, 3.8) is 0 Å². The molecule has 1 aliphatic heterocycles. The van der Waals surface area contributed by atoms with Crippen LogP contribution in [0.3, 0.4) is 0 Å². The van der Waals surface area contributed by atoms with Crippen LogP contribution in [0, 0.1) is 0 Å². The molecule has 0 fully saturated rings. The highest BCUT2D eigenvalue weighted by atomic mass is 35.5. The van der Waals surface area contributed by atoms with Crippen molar-refractivity contribution in [2.24, 2.45) is 4.99 Å². The summed E-state index contributed by atoms with van der Waals surface area (Å²) in [5.41, 5.74) is 0.677. The molecule has 2 amide bonds. The van der Waals surface area contributed by atoms with Crippen LogP contribution >= 0.6 is 11.6 Å². The first-order valence-electron chi connectivity index (χ1n) is 11.1. The van der Waals surface area contributed by atoms with Gasteiger partial charge in [-0.2, -0.15) is 13.9 Å². The number of allylic oxidation sites excluding steroid dienone is 1. The number of hydrogen-bond donors (Lipinski definition) is 2. The molecule has 0 saturated carbocycles. The molecule has 12 heteroatoms. The summed E-state index contributed by atoms with van der Waals surface area (Å²) in [6.07, 6.45) is 7.72. The second kappa shape index (κ2) is 12.3. The molecule has 2 heterocycles. The van der Waals surface area contributed by atoms with Gasteiger partial charge in [0.2, 0.25) is 5.91 Å². The van der Waals surface area contributed by atoms with Crippen molar-refractivity contribution in [2.75, 3.05) is 32.5 Å². The van der Waals surface area contributed by atoms with Crippen molar-refractivity contribution in [1.29, 1.82) is 0 Å². The lowest BCUT2D eigenvalue weighted by Crippen LogP contribution is -2.36. The first-order chi connectivity index (χ1) is 17.3. The highest BCUT2D eigenvalue weighted by Gasteiger charge is 2.23. The number of nitrogens with zero attached hydrogens (tertiary/aromatic N) is 4. The van der Waals surface area contributed by atoms with E-state index in [9.17, 15) is 18.4 Å². The maximum atomic E-state index is 13.1. The minimum Gasteiger partial charge on any atom is -0.434 e. The first-order valence-corrected chi connectivity index (χ1v) is 11.5. The van der Waals surface area contributed by atoms with Crippen LogP contribution in [-0.4, -0.2) is 66.1 Å². The summed E-state index contributed by atoms with van der Waals surface area (Å²) in [6.45, 7) is -0.449. The molecule has 0 radical (unpaired) electrons. The summed E-state index contributed by atoms with van der Waals surface area (Å²) in [6, 6.07) is 4.10. The van der Waals surface area contributed by atoms with Gasteiger partial charge in [0.05, 0.1) is 11.3 Å². The number of hydrogen-bond acceptors (Lipinski definition) is 5. The third kappa shape index (κ3) is 6.48. The van der Waals surface area contributed by atoms with E-state index >= 15 is 0 Å². The SMILES string of the molecule is C/C=C(/C(=O)Nc1cn(CC(=O)N2CC=CCC2)nc1-c1cc(Cl)ccc1OC(F)F)C(=NC)NC. The maximum Gasteiger partial charge on any atom is 0.387 e. The van der Waals surface area contributed by atoms with E-state index in [1.54, 1.807) is 24.9 Å². The van der Waals surface area contributed by atoms with Crippen LogP contribution in [0.5, 0.6) is 5.75 Å². The van der Waals surface area contributed by atoms with Crippen molar-refractivity contribution in [3.8, 4) is 17.0 Å². The average Bonchev–Trinajstić information content (AvgIpc) is 3.25. The Kier molecular flexibility index (Phi) is 9.18. The molecule has 3 rings (SSSR count). The topological polar surface area (TPSA) is 101 Å². The third-order valence-corrected chi connectivity index (χ3v) is 5.61. The number of amidine groups is 1. The van der Waals surface area contributed by atoms with Gasteiger partial charge in [0.25, 0.3) is 5.91 Å². The van der Waals surface area contributed by atoms with Crippen molar-refractivity contribution in [3.05, 3.63) is 53.2 Å². The van der Waals surface area contributed by atoms with Crippen LogP contribution in [0.25, 0.3) is 11.3 Å². The molecule has 9 nitrogen and oxygen atoms in total. The Labute approximate surface area is 212 Å². The molecule has 192 valence electrons. The molecule has 0 atom stereocenters. The number of aromatic nitrogens is 2.